The monoisotopic (exact) mass is 248 g/mol. The predicted molar refractivity (Wildman–Crippen MR) is 74.8 cm³/mol. The largest absolute Gasteiger partial charge is 0.497 e. The summed E-state index contributed by atoms with van der Waals surface area (Å²) < 4.78 is 5.21. The molecule has 3 heteroatoms. The summed E-state index contributed by atoms with van der Waals surface area (Å²) in [7, 11) is 1.70. The number of hydrogen-bond acceptors (Lipinski definition) is 3. The smallest absolute Gasteiger partial charge is 0.118 e. The van der Waals surface area contributed by atoms with Gasteiger partial charge in [-0.05, 0) is 50.0 Å². The maximum atomic E-state index is 6.33. The lowest BCUT2D eigenvalue weighted by Crippen LogP contribution is -2.46. The third-order valence-corrected chi connectivity index (χ3v) is 3.75. The molecule has 1 aromatic rings. The van der Waals surface area contributed by atoms with Crippen molar-refractivity contribution >= 4 is 0 Å². The predicted octanol–water partition coefficient (Wildman–Crippen LogP) is 2.57. The number of nitrogens with zero attached hydrogens (tertiary/aromatic N) is 1. The number of methoxy groups -OCH3 is 1. The van der Waals surface area contributed by atoms with Gasteiger partial charge in [0.2, 0.25) is 0 Å². The van der Waals surface area contributed by atoms with Gasteiger partial charge in [-0.25, -0.2) is 0 Å². The molecule has 1 aliphatic heterocycles. The highest BCUT2D eigenvalue weighted by atomic mass is 16.5. The number of ether oxygens (including phenoxy) is 1. The van der Waals surface area contributed by atoms with E-state index >= 15 is 0 Å². The van der Waals surface area contributed by atoms with Crippen molar-refractivity contribution in [3.63, 3.8) is 0 Å². The van der Waals surface area contributed by atoms with Gasteiger partial charge in [-0.15, -0.1) is 0 Å². The van der Waals surface area contributed by atoms with Crippen molar-refractivity contribution in [2.75, 3.05) is 20.2 Å². The molecular weight excluding hydrogens is 224 g/mol. The summed E-state index contributed by atoms with van der Waals surface area (Å²) in [6, 6.07) is 8.97. The SMILES string of the molecule is CCCN1CCCC(N)C1c1ccc(OC)cc1. The summed E-state index contributed by atoms with van der Waals surface area (Å²) in [5.41, 5.74) is 7.65. The fourth-order valence-electron chi connectivity index (χ4n) is 2.90. The van der Waals surface area contributed by atoms with E-state index in [-0.39, 0.29) is 6.04 Å². The Morgan fingerprint density at radius 1 is 1.33 bits per heavy atom. The van der Waals surface area contributed by atoms with Gasteiger partial charge >= 0.3 is 0 Å². The zero-order chi connectivity index (χ0) is 13.0. The molecule has 1 heterocycles. The molecule has 1 saturated heterocycles. The average molecular weight is 248 g/mol. The molecule has 0 amide bonds. The van der Waals surface area contributed by atoms with E-state index in [2.05, 4.69) is 24.0 Å². The first kappa shape index (κ1) is 13.4. The van der Waals surface area contributed by atoms with Crippen LogP contribution in [0.15, 0.2) is 24.3 Å². The Morgan fingerprint density at radius 3 is 2.67 bits per heavy atom. The standard InChI is InChI=1S/C15H24N2O/c1-3-10-17-11-4-5-14(16)15(17)12-6-8-13(18-2)9-7-12/h6-9,14-15H,3-5,10-11,16H2,1-2H3. The van der Waals surface area contributed by atoms with Gasteiger partial charge in [0.1, 0.15) is 5.75 Å². The first-order valence-corrected chi connectivity index (χ1v) is 6.90. The lowest BCUT2D eigenvalue weighted by atomic mass is 9.91. The number of benzene rings is 1. The molecule has 1 aromatic carbocycles. The maximum absolute atomic E-state index is 6.33. The molecule has 1 fully saturated rings. The summed E-state index contributed by atoms with van der Waals surface area (Å²) >= 11 is 0. The summed E-state index contributed by atoms with van der Waals surface area (Å²) in [6.07, 6.45) is 3.52. The minimum Gasteiger partial charge on any atom is -0.497 e. The molecular formula is C15H24N2O. The number of rotatable bonds is 4. The Balaban J connectivity index is 2.19. The van der Waals surface area contributed by atoms with Gasteiger partial charge in [0.15, 0.2) is 0 Å². The molecule has 0 aliphatic carbocycles. The Hall–Kier alpha value is -1.06. The first-order valence-electron chi connectivity index (χ1n) is 6.90. The van der Waals surface area contributed by atoms with Crippen molar-refractivity contribution < 1.29 is 4.74 Å². The van der Waals surface area contributed by atoms with Crippen LogP contribution in [0, 0.1) is 0 Å². The lowest BCUT2D eigenvalue weighted by Gasteiger charge is -2.40. The van der Waals surface area contributed by atoms with Crippen LogP contribution in [0.2, 0.25) is 0 Å². The van der Waals surface area contributed by atoms with Crippen LogP contribution < -0.4 is 10.5 Å². The second-order valence-corrected chi connectivity index (χ2v) is 5.06. The highest BCUT2D eigenvalue weighted by molar-refractivity contribution is 5.30. The van der Waals surface area contributed by atoms with E-state index in [1.165, 1.54) is 18.4 Å². The number of piperidine rings is 1. The second kappa shape index (κ2) is 6.21. The Kier molecular flexibility index (Phi) is 4.61. The van der Waals surface area contributed by atoms with Crippen molar-refractivity contribution in [3.05, 3.63) is 29.8 Å². The zero-order valence-corrected chi connectivity index (χ0v) is 11.4. The quantitative estimate of drug-likeness (QED) is 0.890. The van der Waals surface area contributed by atoms with Gasteiger partial charge in [0, 0.05) is 12.1 Å². The lowest BCUT2D eigenvalue weighted by molar-refractivity contribution is 0.128. The van der Waals surface area contributed by atoms with Crippen molar-refractivity contribution in [2.24, 2.45) is 5.73 Å². The van der Waals surface area contributed by atoms with E-state index < -0.39 is 0 Å². The minimum absolute atomic E-state index is 0.249. The minimum atomic E-state index is 0.249. The van der Waals surface area contributed by atoms with Gasteiger partial charge < -0.3 is 10.5 Å². The van der Waals surface area contributed by atoms with Crippen LogP contribution in [0.3, 0.4) is 0 Å². The van der Waals surface area contributed by atoms with E-state index in [1.54, 1.807) is 7.11 Å². The molecule has 2 rings (SSSR count). The Labute approximate surface area is 110 Å². The van der Waals surface area contributed by atoms with Gasteiger partial charge in [-0.3, -0.25) is 4.90 Å². The van der Waals surface area contributed by atoms with Crippen LogP contribution in [0.5, 0.6) is 5.75 Å². The summed E-state index contributed by atoms with van der Waals surface area (Å²) in [5, 5.41) is 0. The summed E-state index contributed by atoms with van der Waals surface area (Å²) in [4.78, 5) is 2.52. The van der Waals surface area contributed by atoms with Crippen molar-refractivity contribution in [1.82, 2.24) is 4.90 Å². The Morgan fingerprint density at radius 2 is 2.06 bits per heavy atom. The average Bonchev–Trinajstić information content (AvgIpc) is 2.40. The molecule has 2 N–H and O–H groups in total. The Bertz CT molecular complexity index is 361. The van der Waals surface area contributed by atoms with Gasteiger partial charge in [0.05, 0.1) is 7.11 Å². The van der Waals surface area contributed by atoms with E-state index in [1.807, 2.05) is 12.1 Å². The molecule has 0 radical (unpaired) electrons. The van der Waals surface area contributed by atoms with E-state index in [9.17, 15) is 0 Å². The van der Waals surface area contributed by atoms with Crippen LogP contribution in [-0.4, -0.2) is 31.1 Å². The summed E-state index contributed by atoms with van der Waals surface area (Å²) in [5.74, 6) is 0.908. The van der Waals surface area contributed by atoms with Crippen LogP contribution >= 0.6 is 0 Å². The summed E-state index contributed by atoms with van der Waals surface area (Å²) in [6.45, 7) is 4.52. The number of hydrogen-bond donors (Lipinski definition) is 1. The number of nitrogens with two attached hydrogens (primary N) is 1. The molecule has 2 unspecified atom stereocenters. The topological polar surface area (TPSA) is 38.5 Å². The van der Waals surface area contributed by atoms with Gasteiger partial charge in [-0.1, -0.05) is 19.1 Å². The molecule has 0 bridgehead atoms. The normalized spacial score (nSPS) is 25.1. The fraction of sp³-hybridized carbons (Fsp3) is 0.600. The molecule has 0 saturated carbocycles. The van der Waals surface area contributed by atoms with Crippen molar-refractivity contribution in [3.8, 4) is 5.75 Å². The highest BCUT2D eigenvalue weighted by Crippen LogP contribution is 2.31. The van der Waals surface area contributed by atoms with E-state index in [4.69, 9.17) is 10.5 Å². The zero-order valence-electron chi connectivity index (χ0n) is 11.4. The highest BCUT2D eigenvalue weighted by Gasteiger charge is 2.29. The first-order chi connectivity index (χ1) is 8.76. The van der Waals surface area contributed by atoms with Crippen molar-refractivity contribution in [2.45, 2.75) is 38.3 Å². The van der Waals surface area contributed by atoms with Crippen LogP contribution in [0.4, 0.5) is 0 Å². The molecule has 18 heavy (non-hydrogen) atoms. The van der Waals surface area contributed by atoms with Gasteiger partial charge in [0.25, 0.3) is 0 Å². The number of likely N-dealkylation sites (tertiary alicyclic amines) is 1. The molecule has 3 nitrogen and oxygen atoms in total. The molecule has 0 aromatic heterocycles. The van der Waals surface area contributed by atoms with Gasteiger partial charge in [-0.2, -0.15) is 0 Å². The fourth-order valence-corrected chi connectivity index (χ4v) is 2.90. The second-order valence-electron chi connectivity index (χ2n) is 5.06. The molecule has 1 aliphatic rings. The maximum Gasteiger partial charge on any atom is 0.118 e. The van der Waals surface area contributed by atoms with Crippen LogP contribution in [0.25, 0.3) is 0 Å². The van der Waals surface area contributed by atoms with Crippen LogP contribution in [0.1, 0.15) is 37.8 Å². The van der Waals surface area contributed by atoms with E-state index in [0.29, 0.717) is 6.04 Å². The van der Waals surface area contributed by atoms with Crippen molar-refractivity contribution in [1.29, 1.82) is 0 Å². The third-order valence-electron chi connectivity index (χ3n) is 3.75. The molecule has 100 valence electrons. The molecule has 2 atom stereocenters. The third kappa shape index (κ3) is 2.85. The van der Waals surface area contributed by atoms with Crippen LogP contribution in [-0.2, 0) is 0 Å². The molecule has 0 spiro atoms. The van der Waals surface area contributed by atoms with E-state index in [0.717, 1.165) is 25.3 Å².